The Balaban J connectivity index is 3.11. The second-order valence-corrected chi connectivity index (χ2v) is 4.47. The third-order valence-corrected chi connectivity index (χ3v) is 3.15. The molecular weight excluding hydrogens is 293 g/mol. The molecule has 1 aromatic rings. The average Bonchev–Trinajstić information content (AvgIpc) is 2.37. The minimum Gasteiger partial charge on any atom is -0.341 e. The molecule has 0 heterocycles. The summed E-state index contributed by atoms with van der Waals surface area (Å²) in [6.45, 7) is 0.226. The maximum atomic E-state index is 12.0. The van der Waals surface area contributed by atoms with E-state index in [0.29, 0.717) is 0 Å². The summed E-state index contributed by atoms with van der Waals surface area (Å²) >= 11 is 11.4. The zero-order valence-corrected chi connectivity index (χ0v) is 11.4. The number of carbonyl (C=O) groups excluding carboxylic acids is 1. The summed E-state index contributed by atoms with van der Waals surface area (Å²) in [6, 6.07) is 4.24. The van der Waals surface area contributed by atoms with E-state index < -0.39 is 16.5 Å². The van der Waals surface area contributed by atoms with Gasteiger partial charge in [-0.15, -0.1) is 0 Å². The van der Waals surface area contributed by atoms with Crippen molar-refractivity contribution in [2.75, 3.05) is 13.6 Å². The first-order valence-electron chi connectivity index (χ1n) is 5.14. The molecule has 6 nitrogen and oxygen atoms in total. The molecule has 0 unspecified atom stereocenters. The number of amides is 1. The summed E-state index contributed by atoms with van der Waals surface area (Å²) in [5, 5.41) is 19.0. The SMILES string of the molecule is CN(CCC#N)C(=O)c1cc(Cl)c(Cl)c([N+](=O)[O-])c1. The fourth-order valence-corrected chi connectivity index (χ4v) is 1.76. The first-order valence-corrected chi connectivity index (χ1v) is 5.90. The van der Waals surface area contributed by atoms with Crippen molar-refractivity contribution in [3.63, 3.8) is 0 Å². The largest absolute Gasteiger partial charge is 0.341 e. The molecule has 0 saturated heterocycles. The molecule has 0 aliphatic rings. The predicted octanol–water partition coefficient (Wildman–Crippen LogP) is 2.89. The van der Waals surface area contributed by atoms with Crippen LogP contribution in [-0.4, -0.2) is 29.3 Å². The van der Waals surface area contributed by atoms with E-state index in [1.807, 2.05) is 6.07 Å². The molecule has 1 amide bonds. The van der Waals surface area contributed by atoms with Crippen LogP contribution in [0.25, 0.3) is 0 Å². The van der Waals surface area contributed by atoms with Gasteiger partial charge in [0.25, 0.3) is 11.6 Å². The van der Waals surface area contributed by atoms with E-state index in [2.05, 4.69) is 0 Å². The lowest BCUT2D eigenvalue weighted by Crippen LogP contribution is -2.27. The highest BCUT2D eigenvalue weighted by molar-refractivity contribution is 6.43. The molecule has 0 fully saturated rings. The van der Waals surface area contributed by atoms with Gasteiger partial charge in [-0.05, 0) is 6.07 Å². The molecule has 1 aromatic carbocycles. The molecular formula is C11H9Cl2N3O3. The highest BCUT2D eigenvalue weighted by Crippen LogP contribution is 2.33. The molecule has 0 aliphatic carbocycles. The van der Waals surface area contributed by atoms with Crippen molar-refractivity contribution in [3.05, 3.63) is 37.9 Å². The second kappa shape index (κ2) is 6.36. The first kappa shape index (κ1) is 15.2. The Labute approximate surface area is 119 Å². The number of nitriles is 1. The highest BCUT2D eigenvalue weighted by atomic mass is 35.5. The Hall–Kier alpha value is -1.84. The van der Waals surface area contributed by atoms with Crippen LogP contribution in [0, 0.1) is 21.4 Å². The topological polar surface area (TPSA) is 87.2 Å². The molecule has 0 N–H and O–H groups in total. The Bertz CT molecular complexity index is 569. The molecule has 0 aromatic heterocycles. The number of rotatable bonds is 4. The maximum absolute atomic E-state index is 12.0. The van der Waals surface area contributed by atoms with Crippen LogP contribution in [0.15, 0.2) is 12.1 Å². The van der Waals surface area contributed by atoms with Gasteiger partial charge in [-0.3, -0.25) is 14.9 Å². The lowest BCUT2D eigenvalue weighted by atomic mass is 10.1. The smallest absolute Gasteiger partial charge is 0.290 e. The second-order valence-electron chi connectivity index (χ2n) is 3.68. The normalized spacial score (nSPS) is 9.79. The number of nitrogens with zero attached hydrogens (tertiary/aromatic N) is 3. The third-order valence-electron chi connectivity index (χ3n) is 2.36. The molecule has 19 heavy (non-hydrogen) atoms. The minimum absolute atomic E-state index is 0.0570. The average molecular weight is 302 g/mol. The number of carbonyl (C=O) groups is 1. The summed E-state index contributed by atoms with van der Waals surface area (Å²) in [4.78, 5) is 23.3. The van der Waals surface area contributed by atoms with Crippen molar-refractivity contribution < 1.29 is 9.72 Å². The first-order chi connectivity index (χ1) is 8.88. The lowest BCUT2D eigenvalue weighted by Gasteiger charge is -2.15. The van der Waals surface area contributed by atoms with Crippen LogP contribution in [0.2, 0.25) is 10.0 Å². The van der Waals surface area contributed by atoms with Crippen molar-refractivity contribution in [3.8, 4) is 6.07 Å². The van der Waals surface area contributed by atoms with Crippen molar-refractivity contribution in [2.24, 2.45) is 0 Å². The predicted molar refractivity (Wildman–Crippen MR) is 70.3 cm³/mol. The van der Waals surface area contributed by atoms with E-state index >= 15 is 0 Å². The van der Waals surface area contributed by atoms with Gasteiger partial charge < -0.3 is 4.90 Å². The summed E-state index contributed by atoms with van der Waals surface area (Å²) < 4.78 is 0. The molecule has 1 rings (SSSR count). The Morgan fingerprint density at radius 1 is 1.53 bits per heavy atom. The lowest BCUT2D eigenvalue weighted by molar-refractivity contribution is -0.384. The van der Waals surface area contributed by atoms with Gasteiger partial charge in [0.1, 0.15) is 5.02 Å². The zero-order chi connectivity index (χ0) is 14.6. The van der Waals surface area contributed by atoms with E-state index in [1.54, 1.807) is 0 Å². The fourth-order valence-electron chi connectivity index (χ4n) is 1.37. The van der Waals surface area contributed by atoms with Gasteiger partial charge in [-0.25, -0.2) is 0 Å². The van der Waals surface area contributed by atoms with Gasteiger partial charge in [0.05, 0.1) is 22.4 Å². The minimum atomic E-state index is -0.708. The van der Waals surface area contributed by atoms with Crippen molar-refractivity contribution >= 4 is 34.8 Å². The van der Waals surface area contributed by atoms with Crippen molar-refractivity contribution in [2.45, 2.75) is 6.42 Å². The number of benzene rings is 1. The molecule has 0 saturated carbocycles. The van der Waals surface area contributed by atoms with Crippen molar-refractivity contribution in [1.29, 1.82) is 5.26 Å². The summed E-state index contributed by atoms with van der Waals surface area (Å²) in [5.41, 5.74) is -0.368. The van der Waals surface area contributed by atoms with Gasteiger partial charge in [-0.2, -0.15) is 5.26 Å². The third kappa shape index (κ3) is 3.56. The summed E-state index contributed by atoms with van der Waals surface area (Å²) in [7, 11) is 1.49. The van der Waals surface area contributed by atoms with E-state index in [0.717, 1.165) is 6.07 Å². The molecule has 0 aliphatic heterocycles. The monoisotopic (exact) mass is 301 g/mol. The van der Waals surface area contributed by atoms with Crippen LogP contribution >= 0.6 is 23.2 Å². The molecule has 8 heteroatoms. The molecule has 0 atom stereocenters. The van der Waals surface area contributed by atoms with Gasteiger partial charge in [0.15, 0.2) is 0 Å². The van der Waals surface area contributed by atoms with Gasteiger partial charge in [0.2, 0.25) is 0 Å². The Morgan fingerprint density at radius 3 is 2.68 bits per heavy atom. The molecule has 0 spiro atoms. The maximum Gasteiger partial charge on any atom is 0.290 e. The molecule has 0 bridgehead atoms. The number of nitro benzene ring substituents is 1. The van der Waals surface area contributed by atoms with Crippen LogP contribution in [0.1, 0.15) is 16.8 Å². The molecule has 100 valence electrons. The van der Waals surface area contributed by atoms with Gasteiger partial charge >= 0.3 is 0 Å². The van der Waals surface area contributed by atoms with E-state index in [4.69, 9.17) is 28.5 Å². The number of halogens is 2. The van der Waals surface area contributed by atoms with Gasteiger partial charge in [-0.1, -0.05) is 23.2 Å². The fraction of sp³-hybridized carbons (Fsp3) is 0.273. The zero-order valence-electron chi connectivity index (χ0n) is 9.89. The van der Waals surface area contributed by atoms with Gasteiger partial charge in [0, 0.05) is 25.2 Å². The quantitative estimate of drug-likeness (QED) is 0.632. The summed E-state index contributed by atoms with van der Waals surface area (Å²) in [6.07, 6.45) is 0.172. The highest BCUT2D eigenvalue weighted by Gasteiger charge is 2.21. The van der Waals surface area contributed by atoms with Crippen LogP contribution < -0.4 is 0 Å². The van der Waals surface area contributed by atoms with Crippen LogP contribution in [0.5, 0.6) is 0 Å². The Kier molecular flexibility index (Phi) is 5.10. The van der Waals surface area contributed by atoms with Crippen molar-refractivity contribution in [1.82, 2.24) is 4.90 Å². The van der Waals surface area contributed by atoms with Crippen LogP contribution in [0.4, 0.5) is 5.69 Å². The van der Waals surface area contributed by atoms with Crippen LogP contribution in [0.3, 0.4) is 0 Å². The number of hydrogen-bond acceptors (Lipinski definition) is 4. The number of hydrogen-bond donors (Lipinski definition) is 0. The number of nitro groups is 1. The summed E-state index contributed by atoms with van der Waals surface area (Å²) in [5.74, 6) is -0.461. The Morgan fingerprint density at radius 2 is 2.16 bits per heavy atom. The van der Waals surface area contributed by atoms with E-state index in [9.17, 15) is 14.9 Å². The van der Waals surface area contributed by atoms with E-state index in [1.165, 1.54) is 18.0 Å². The van der Waals surface area contributed by atoms with Crippen LogP contribution in [-0.2, 0) is 0 Å². The molecule has 0 radical (unpaired) electrons. The standard InChI is InChI=1S/C11H9Cl2N3O3/c1-15(4-2-3-14)11(17)7-5-8(12)10(13)9(6-7)16(18)19/h5-6H,2,4H2,1H3. The van der Waals surface area contributed by atoms with E-state index in [-0.39, 0.29) is 28.6 Å².